The minimum atomic E-state index is -0.171. The molecule has 0 saturated carbocycles. The maximum Gasteiger partial charge on any atom is 0.225 e. The zero-order chi connectivity index (χ0) is 21.2. The summed E-state index contributed by atoms with van der Waals surface area (Å²) < 4.78 is 15.5. The van der Waals surface area contributed by atoms with E-state index in [-0.39, 0.29) is 5.82 Å². The lowest BCUT2D eigenvalue weighted by Gasteiger charge is -2.32. The van der Waals surface area contributed by atoms with Gasteiger partial charge in [0.25, 0.3) is 0 Å². The average Bonchev–Trinajstić information content (AvgIpc) is 3.44. The summed E-state index contributed by atoms with van der Waals surface area (Å²) >= 11 is 0. The molecule has 2 aliphatic rings. The van der Waals surface area contributed by atoms with E-state index >= 15 is 0 Å². The molecule has 0 radical (unpaired) electrons. The van der Waals surface area contributed by atoms with Gasteiger partial charge in [-0.1, -0.05) is 12.1 Å². The summed E-state index contributed by atoms with van der Waals surface area (Å²) in [5, 5.41) is 4.85. The number of halogens is 1. The summed E-state index contributed by atoms with van der Waals surface area (Å²) in [6.07, 6.45) is 8.57. The van der Waals surface area contributed by atoms with Crippen molar-refractivity contribution in [3.05, 3.63) is 59.8 Å². The Morgan fingerprint density at radius 2 is 1.97 bits per heavy atom. The maximum atomic E-state index is 13.6. The number of anilines is 1. The molecule has 3 aromatic rings. The third kappa shape index (κ3) is 4.46. The number of benzene rings is 1. The minimum absolute atomic E-state index is 0.171. The van der Waals surface area contributed by atoms with Crippen LogP contribution >= 0.6 is 0 Å². The second-order valence-corrected chi connectivity index (χ2v) is 8.74. The molecule has 162 valence electrons. The van der Waals surface area contributed by atoms with Crippen LogP contribution in [0.25, 0.3) is 11.3 Å². The number of aryl methyl sites for hydroxylation is 1. The van der Waals surface area contributed by atoms with E-state index in [9.17, 15) is 4.39 Å². The third-order valence-corrected chi connectivity index (χ3v) is 6.35. The molecule has 4 heterocycles. The van der Waals surface area contributed by atoms with Crippen molar-refractivity contribution < 1.29 is 4.39 Å². The molecule has 6 nitrogen and oxygen atoms in total. The molecule has 0 bridgehead atoms. The normalized spacial score (nSPS) is 19.8. The number of nitrogens with zero attached hydrogens (tertiary/aromatic N) is 6. The van der Waals surface area contributed by atoms with Gasteiger partial charge >= 0.3 is 0 Å². The fraction of sp³-hybridized carbons (Fsp3) is 0.458. The topological polar surface area (TPSA) is 50.1 Å². The quantitative estimate of drug-likeness (QED) is 0.625. The zero-order valence-electron chi connectivity index (χ0n) is 18.0. The molecule has 5 rings (SSSR count). The number of hydrogen-bond donors (Lipinski definition) is 0. The van der Waals surface area contributed by atoms with Crippen molar-refractivity contribution in [2.24, 2.45) is 7.05 Å². The van der Waals surface area contributed by atoms with Gasteiger partial charge in [0.1, 0.15) is 5.82 Å². The highest BCUT2D eigenvalue weighted by Crippen LogP contribution is 2.34. The Labute approximate surface area is 182 Å². The van der Waals surface area contributed by atoms with Crippen LogP contribution in [0.2, 0.25) is 0 Å². The van der Waals surface area contributed by atoms with Crippen LogP contribution < -0.4 is 4.90 Å². The van der Waals surface area contributed by atoms with Crippen molar-refractivity contribution in [3.8, 4) is 11.3 Å². The lowest BCUT2D eigenvalue weighted by Crippen LogP contribution is -2.34. The Morgan fingerprint density at radius 1 is 1.10 bits per heavy atom. The molecule has 1 atom stereocenters. The first-order valence-corrected chi connectivity index (χ1v) is 11.2. The number of aromatic nitrogens is 4. The zero-order valence-corrected chi connectivity index (χ0v) is 18.0. The lowest BCUT2D eigenvalue weighted by atomic mass is 9.91. The highest BCUT2D eigenvalue weighted by molar-refractivity contribution is 5.63. The van der Waals surface area contributed by atoms with E-state index in [0.29, 0.717) is 5.92 Å². The summed E-state index contributed by atoms with van der Waals surface area (Å²) in [7, 11) is 1.98. The molecule has 0 aliphatic carbocycles. The molecule has 0 N–H and O–H groups in total. The number of piperidine rings is 1. The van der Waals surface area contributed by atoms with Crippen LogP contribution in [0.1, 0.15) is 42.9 Å². The maximum absolute atomic E-state index is 13.6. The van der Waals surface area contributed by atoms with Gasteiger partial charge in [-0.15, -0.1) is 0 Å². The second-order valence-electron chi connectivity index (χ2n) is 8.74. The molecular formula is C24H29FN6. The van der Waals surface area contributed by atoms with Crippen molar-refractivity contribution in [1.29, 1.82) is 0 Å². The van der Waals surface area contributed by atoms with Crippen molar-refractivity contribution in [2.75, 3.05) is 31.1 Å². The molecule has 2 aliphatic heterocycles. The Kier molecular flexibility index (Phi) is 5.68. The van der Waals surface area contributed by atoms with Crippen molar-refractivity contribution in [3.63, 3.8) is 0 Å². The Bertz CT molecular complexity index is 1040. The number of rotatable bonds is 5. The van der Waals surface area contributed by atoms with Gasteiger partial charge in [-0.2, -0.15) is 5.10 Å². The van der Waals surface area contributed by atoms with Gasteiger partial charge in [-0.25, -0.2) is 14.4 Å². The molecule has 1 aromatic carbocycles. The van der Waals surface area contributed by atoms with Gasteiger partial charge in [0.05, 0.1) is 11.4 Å². The first-order valence-electron chi connectivity index (χ1n) is 11.2. The van der Waals surface area contributed by atoms with E-state index < -0.39 is 0 Å². The summed E-state index contributed by atoms with van der Waals surface area (Å²) in [6, 6.07) is 8.92. The summed E-state index contributed by atoms with van der Waals surface area (Å²) in [4.78, 5) is 14.1. The lowest BCUT2D eigenvalue weighted by molar-refractivity contribution is 0.198. The van der Waals surface area contributed by atoms with Crippen LogP contribution in [-0.4, -0.2) is 50.8 Å². The van der Waals surface area contributed by atoms with Gasteiger partial charge < -0.3 is 4.90 Å². The van der Waals surface area contributed by atoms with E-state index in [1.54, 1.807) is 12.1 Å². The van der Waals surface area contributed by atoms with Gasteiger partial charge in [0.2, 0.25) is 5.95 Å². The van der Waals surface area contributed by atoms with E-state index in [2.05, 4.69) is 21.0 Å². The number of likely N-dealkylation sites (tertiary alicyclic amines) is 1. The highest BCUT2D eigenvalue weighted by Gasteiger charge is 2.27. The van der Waals surface area contributed by atoms with Gasteiger partial charge in [0, 0.05) is 57.1 Å². The smallest absolute Gasteiger partial charge is 0.225 e. The Morgan fingerprint density at radius 3 is 2.81 bits per heavy atom. The predicted molar refractivity (Wildman–Crippen MR) is 119 cm³/mol. The van der Waals surface area contributed by atoms with Crippen molar-refractivity contribution in [2.45, 2.75) is 38.1 Å². The first-order chi connectivity index (χ1) is 15.2. The van der Waals surface area contributed by atoms with Crippen LogP contribution in [-0.2, 0) is 13.6 Å². The second kappa shape index (κ2) is 8.75. The van der Waals surface area contributed by atoms with Crippen molar-refractivity contribution in [1.82, 2.24) is 24.6 Å². The average molecular weight is 421 g/mol. The van der Waals surface area contributed by atoms with Gasteiger partial charge in [0.15, 0.2) is 0 Å². The van der Waals surface area contributed by atoms with E-state index in [1.165, 1.54) is 18.9 Å². The fourth-order valence-electron chi connectivity index (χ4n) is 4.89. The number of hydrogen-bond acceptors (Lipinski definition) is 5. The third-order valence-electron chi connectivity index (χ3n) is 6.35. The Hall–Kier alpha value is -2.80. The van der Waals surface area contributed by atoms with Crippen LogP contribution in [0, 0.1) is 5.82 Å². The van der Waals surface area contributed by atoms with E-state index in [0.717, 1.165) is 74.0 Å². The van der Waals surface area contributed by atoms with Gasteiger partial charge in [-0.3, -0.25) is 9.58 Å². The first kappa shape index (κ1) is 20.1. The molecule has 2 fully saturated rings. The molecule has 0 unspecified atom stereocenters. The van der Waals surface area contributed by atoms with Crippen molar-refractivity contribution >= 4 is 5.95 Å². The van der Waals surface area contributed by atoms with E-state index in [4.69, 9.17) is 10.1 Å². The standard InChI is InChI=1S/C24H29FN6/c1-29-17-21(22-9-10-26-24(27-22)31-12-2-3-13-31)23(28-29)19-7-5-11-30(16-19)15-18-6-4-8-20(25)14-18/h4,6,8-10,14,17,19H,2-3,5,7,11-13,15-16H2,1H3/t19-/m0/s1. The molecule has 0 spiro atoms. The molecule has 0 amide bonds. The molecule has 2 aromatic heterocycles. The summed E-state index contributed by atoms with van der Waals surface area (Å²) in [5.74, 6) is 0.987. The fourth-order valence-corrected chi connectivity index (χ4v) is 4.89. The van der Waals surface area contributed by atoms with Gasteiger partial charge in [-0.05, 0) is 56.0 Å². The van der Waals surface area contributed by atoms with Crippen LogP contribution in [0.4, 0.5) is 10.3 Å². The molecule has 2 saturated heterocycles. The monoisotopic (exact) mass is 420 g/mol. The van der Waals surface area contributed by atoms with Crippen LogP contribution in [0.15, 0.2) is 42.7 Å². The Balaban J connectivity index is 1.38. The van der Waals surface area contributed by atoms with E-state index in [1.807, 2.05) is 30.1 Å². The highest BCUT2D eigenvalue weighted by atomic mass is 19.1. The summed E-state index contributed by atoms with van der Waals surface area (Å²) in [5.41, 5.74) is 4.18. The van der Waals surface area contributed by atoms with Crippen LogP contribution in [0.5, 0.6) is 0 Å². The molecular weight excluding hydrogens is 391 g/mol. The summed E-state index contributed by atoms with van der Waals surface area (Å²) in [6.45, 7) is 4.78. The molecule has 7 heteroatoms. The minimum Gasteiger partial charge on any atom is -0.341 e. The largest absolute Gasteiger partial charge is 0.341 e. The SMILES string of the molecule is Cn1cc(-c2ccnc(N3CCCC3)n2)c([C@H]2CCCN(Cc3cccc(F)c3)C2)n1. The predicted octanol–water partition coefficient (Wildman–Crippen LogP) is 4.00. The van der Waals surface area contributed by atoms with Crippen LogP contribution in [0.3, 0.4) is 0 Å². The molecule has 31 heavy (non-hydrogen) atoms.